The normalized spacial score (nSPS) is 20.3. The first-order valence-corrected chi connectivity index (χ1v) is 5.20. The summed E-state index contributed by atoms with van der Waals surface area (Å²) in [4.78, 5) is 15.8. The Hall–Kier alpha value is -1.90. The van der Waals surface area contributed by atoms with Gasteiger partial charge in [0.2, 0.25) is 5.78 Å². The highest BCUT2D eigenvalue weighted by Crippen LogP contribution is 2.18. The monoisotopic (exact) mass is 215 g/mol. The lowest BCUT2D eigenvalue weighted by Crippen LogP contribution is -2.24. The van der Waals surface area contributed by atoms with Crippen LogP contribution < -0.4 is 0 Å². The fourth-order valence-electron chi connectivity index (χ4n) is 1.70. The molecule has 1 aromatic carbocycles. The van der Waals surface area contributed by atoms with Crippen LogP contribution in [0.4, 0.5) is 0 Å². The van der Waals surface area contributed by atoms with E-state index in [0.29, 0.717) is 12.1 Å². The molecule has 0 radical (unpaired) electrons. The quantitative estimate of drug-likeness (QED) is 0.822. The van der Waals surface area contributed by atoms with Crippen molar-refractivity contribution in [3.8, 4) is 0 Å². The molecule has 1 heterocycles. The summed E-state index contributed by atoms with van der Waals surface area (Å²) in [5, 5.41) is 9.51. The van der Waals surface area contributed by atoms with E-state index in [4.69, 9.17) is 0 Å². The highest BCUT2D eigenvalue weighted by Gasteiger charge is 2.25. The first kappa shape index (κ1) is 10.6. The summed E-state index contributed by atoms with van der Waals surface area (Å²) in [6, 6.07) is 9.72. The topological polar surface area (TPSA) is 49.7 Å². The van der Waals surface area contributed by atoms with Crippen molar-refractivity contribution < 1.29 is 9.90 Å². The van der Waals surface area contributed by atoms with Gasteiger partial charge in [-0.15, -0.1) is 0 Å². The molecule has 3 heteroatoms. The van der Waals surface area contributed by atoms with E-state index in [1.807, 2.05) is 30.3 Å². The Labute approximate surface area is 94.1 Å². The molecule has 1 aromatic rings. The van der Waals surface area contributed by atoms with Gasteiger partial charge in [0.1, 0.15) is 0 Å². The highest BCUT2D eigenvalue weighted by molar-refractivity contribution is 6.06. The van der Waals surface area contributed by atoms with E-state index in [0.717, 1.165) is 5.56 Å². The minimum absolute atomic E-state index is 0.205. The van der Waals surface area contributed by atoms with Gasteiger partial charge in [0.05, 0.1) is 11.6 Å². The molecular formula is C13H13NO2. The summed E-state index contributed by atoms with van der Waals surface area (Å²) < 4.78 is 0. The molecule has 82 valence electrons. The third-order valence-electron chi connectivity index (χ3n) is 2.66. The number of aliphatic imine (C=N–C) groups is 1. The molecule has 1 aliphatic heterocycles. The standard InChI is InChI=1S/C13H13NO2/c1-9-12(15)13(16)11(8-14-9)7-10-5-3-2-4-6-10/h2-6,8,11,15H,7H2,1H3. The number of Topliss-reactive ketones (excluding diaryl/α,β-unsaturated/α-hetero) is 1. The van der Waals surface area contributed by atoms with Gasteiger partial charge in [-0.05, 0) is 18.9 Å². The Bertz CT molecular complexity index is 460. The van der Waals surface area contributed by atoms with Crippen LogP contribution in [-0.2, 0) is 11.2 Å². The maximum Gasteiger partial charge on any atom is 0.207 e. The summed E-state index contributed by atoms with van der Waals surface area (Å²) >= 11 is 0. The second-order valence-corrected chi connectivity index (χ2v) is 3.87. The first-order valence-electron chi connectivity index (χ1n) is 5.20. The Morgan fingerprint density at radius 1 is 1.31 bits per heavy atom. The molecule has 0 bridgehead atoms. The SMILES string of the molecule is CC1=C(O)C(=O)C(Cc2ccccc2)C=N1. The van der Waals surface area contributed by atoms with Crippen LogP contribution in [0.2, 0.25) is 0 Å². The zero-order valence-electron chi connectivity index (χ0n) is 9.05. The molecule has 1 aliphatic rings. The van der Waals surface area contributed by atoms with Gasteiger partial charge >= 0.3 is 0 Å². The van der Waals surface area contributed by atoms with Gasteiger partial charge in [-0.1, -0.05) is 30.3 Å². The summed E-state index contributed by atoms with van der Waals surface area (Å²) in [5.74, 6) is -0.786. The average molecular weight is 215 g/mol. The van der Waals surface area contributed by atoms with Crippen molar-refractivity contribution in [3.63, 3.8) is 0 Å². The number of aliphatic hydroxyl groups is 1. The molecule has 0 fully saturated rings. The number of hydrogen-bond acceptors (Lipinski definition) is 3. The third kappa shape index (κ3) is 2.03. The fraction of sp³-hybridized carbons (Fsp3) is 0.231. The van der Waals surface area contributed by atoms with Crippen LogP contribution in [0.1, 0.15) is 12.5 Å². The van der Waals surface area contributed by atoms with E-state index in [1.54, 1.807) is 13.1 Å². The van der Waals surface area contributed by atoms with Crippen molar-refractivity contribution in [3.05, 3.63) is 47.4 Å². The summed E-state index contributed by atoms with van der Waals surface area (Å²) in [6.07, 6.45) is 2.20. The van der Waals surface area contributed by atoms with Crippen molar-refractivity contribution in [2.45, 2.75) is 13.3 Å². The van der Waals surface area contributed by atoms with Crippen LogP contribution in [0.15, 0.2) is 46.8 Å². The number of allylic oxidation sites excluding steroid dienone is 2. The predicted octanol–water partition coefficient (Wildman–Crippen LogP) is 2.29. The van der Waals surface area contributed by atoms with Gasteiger partial charge in [-0.2, -0.15) is 0 Å². The molecule has 0 aromatic heterocycles. The van der Waals surface area contributed by atoms with E-state index < -0.39 is 0 Å². The second kappa shape index (κ2) is 4.31. The number of benzene rings is 1. The van der Waals surface area contributed by atoms with Gasteiger partial charge in [-0.25, -0.2) is 0 Å². The van der Waals surface area contributed by atoms with E-state index in [2.05, 4.69) is 4.99 Å². The maximum absolute atomic E-state index is 11.7. The van der Waals surface area contributed by atoms with Crippen molar-refractivity contribution in [2.75, 3.05) is 0 Å². The van der Waals surface area contributed by atoms with Gasteiger partial charge in [0, 0.05) is 6.21 Å². The van der Waals surface area contributed by atoms with Crippen LogP contribution >= 0.6 is 0 Å². The lowest BCUT2D eigenvalue weighted by Gasteiger charge is -2.15. The molecule has 1 atom stereocenters. The lowest BCUT2D eigenvalue weighted by atomic mass is 9.93. The van der Waals surface area contributed by atoms with Crippen LogP contribution in [0.3, 0.4) is 0 Å². The van der Waals surface area contributed by atoms with Gasteiger partial charge in [0.15, 0.2) is 5.76 Å². The Kier molecular flexibility index (Phi) is 2.86. The molecule has 0 saturated carbocycles. The van der Waals surface area contributed by atoms with Crippen molar-refractivity contribution in [2.24, 2.45) is 10.9 Å². The summed E-state index contributed by atoms with van der Waals surface area (Å²) in [5.41, 5.74) is 1.47. The maximum atomic E-state index is 11.7. The van der Waals surface area contributed by atoms with E-state index in [-0.39, 0.29) is 17.5 Å². The minimum Gasteiger partial charge on any atom is -0.503 e. The largest absolute Gasteiger partial charge is 0.503 e. The number of ketones is 1. The van der Waals surface area contributed by atoms with Crippen molar-refractivity contribution in [1.82, 2.24) is 0 Å². The Balaban J connectivity index is 2.15. The number of aliphatic hydroxyl groups excluding tert-OH is 1. The number of carbonyl (C=O) groups excluding carboxylic acids is 1. The molecule has 0 amide bonds. The highest BCUT2D eigenvalue weighted by atomic mass is 16.3. The Morgan fingerprint density at radius 3 is 2.69 bits per heavy atom. The molecule has 2 rings (SSSR count). The average Bonchev–Trinajstić information content (AvgIpc) is 2.31. The minimum atomic E-state index is -0.342. The van der Waals surface area contributed by atoms with Crippen molar-refractivity contribution in [1.29, 1.82) is 0 Å². The van der Waals surface area contributed by atoms with E-state index in [9.17, 15) is 9.90 Å². The summed E-state index contributed by atoms with van der Waals surface area (Å²) in [7, 11) is 0. The molecule has 0 saturated heterocycles. The van der Waals surface area contributed by atoms with E-state index >= 15 is 0 Å². The molecule has 16 heavy (non-hydrogen) atoms. The van der Waals surface area contributed by atoms with Gasteiger partial charge in [-0.3, -0.25) is 9.79 Å². The molecule has 3 nitrogen and oxygen atoms in total. The number of rotatable bonds is 2. The molecule has 0 spiro atoms. The lowest BCUT2D eigenvalue weighted by molar-refractivity contribution is -0.119. The second-order valence-electron chi connectivity index (χ2n) is 3.87. The van der Waals surface area contributed by atoms with Gasteiger partial charge < -0.3 is 5.11 Å². The summed E-state index contributed by atoms with van der Waals surface area (Å²) in [6.45, 7) is 1.63. The smallest absolute Gasteiger partial charge is 0.207 e. The first-order chi connectivity index (χ1) is 7.68. The molecule has 1 N–H and O–H groups in total. The predicted molar refractivity (Wildman–Crippen MR) is 62.5 cm³/mol. The van der Waals surface area contributed by atoms with Crippen LogP contribution in [-0.4, -0.2) is 17.1 Å². The van der Waals surface area contributed by atoms with Crippen LogP contribution in [0, 0.1) is 5.92 Å². The van der Waals surface area contributed by atoms with Crippen LogP contribution in [0.5, 0.6) is 0 Å². The number of carbonyl (C=O) groups is 1. The molecule has 0 aliphatic carbocycles. The van der Waals surface area contributed by atoms with Gasteiger partial charge in [0.25, 0.3) is 0 Å². The van der Waals surface area contributed by atoms with Crippen molar-refractivity contribution >= 4 is 12.0 Å². The number of hydrogen-bond donors (Lipinski definition) is 1. The van der Waals surface area contributed by atoms with E-state index in [1.165, 1.54) is 0 Å². The zero-order valence-corrected chi connectivity index (χ0v) is 9.05. The Morgan fingerprint density at radius 2 is 2.00 bits per heavy atom. The number of nitrogens with zero attached hydrogens (tertiary/aromatic N) is 1. The molecule has 1 unspecified atom stereocenters. The fourth-order valence-corrected chi connectivity index (χ4v) is 1.70. The van der Waals surface area contributed by atoms with Crippen LogP contribution in [0.25, 0.3) is 0 Å². The third-order valence-corrected chi connectivity index (χ3v) is 2.66. The zero-order chi connectivity index (χ0) is 11.5. The molecular weight excluding hydrogens is 202 g/mol.